The molecule has 286 valence electrons. The van der Waals surface area contributed by atoms with Gasteiger partial charge >= 0.3 is 6.09 Å². The van der Waals surface area contributed by atoms with Crippen LogP contribution in [0.15, 0.2) is 54.7 Å². The summed E-state index contributed by atoms with van der Waals surface area (Å²) in [6.45, 7) is 9.79. The number of carbonyl (C=O) groups excluding carboxylic acids is 5. The first kappa shape index (κ1) is 38.1. The summed E-state index contributed by atoms with van der Waals surface area (Å²) in [6.07, 6.45) is 2.96. The van der Waals surface area contributed by atoms with Gasteiger partial charge < -0.3 is 29.5 Å². The monoisotopic (exact) mass is 742 g/mol. The number of ketones is 1. The van der Waals surface area contributed by atoms with Crippen LogP contribution in [0.5, 0.6) is 5.75 Å². The summed E-state index contributed by atoms with van der Waals surface area (Å²) in [5, 5.41) is 13.9. The van der Waals surface area contributed by atoms with Crippen molar-refractivity contribution >= 4 is 51.5 Å². The van der Waals surface area contributed by atoms with Crippen molar-refractivity contribution in [3.63, 3.8) is 0 Å². The molecule has 0 aliphatic carbocycles. The predicted octanol–water partition coefficient (Wildman–Crippen LogP) is 2.51. The Hall–Kier alpha value is -5.64. The Morgan fingerprint density at radius 2 is 1.74 bits per heavy atom. The van der Waals surface area contributed by atoms with Crippen LogP contribution in [-0.2, 0) is 25.8 Å². The summed E-state index contributed by atoms with van der Waals surface area (Å²) in [7, 11) is 2.19. The van der Waals surface area contributed by atoms with Crippen molar-refractivity contribution in [2.45, 2.75) is 58.3 Å². The number of hydrogen-bond acceptors (Lipinski definition) is 10. The molecule has 2 N–H and O–H groups in total. The number of amides is 4. The Morgan fingerprint density at radius 1 is 0.963 bits per heavy atom. The minimum atomic E-state index is -0.921. The van der Waals surface area contributed by atoms with E-state index in [0.29, 0.717) is 72.3 Å². The third-order valence-corrected chi connectivity index (χ3v) is 9.85. The molecule has 4 amide bonds. The zero-order valence-electron chi connectivity index (χ0n) is 31.2. The zero-order valence-corrected chi connectivity index (χ0v) is 31.2. The summed E-state index contributed by atoms with van der Waals surface area (Å²) < 4.78 is 13.9. The number of piperazine rings is 1. The number of hydrogen-bond donors (Lipinski definition) is 2. The molecule has 0 radical (unpaired) electrons. The number of rotatable bonds is 12. The smallest absolute Gasteiger partial charge is 0.410 e. The van der Waals surface area contributed by atoms with Gasteiger partial charge in [-0.1, -0.05) is 17.3 Å². The van der Waals surface area contributed by atoms with Gasteiger partial charge in [0.25, 0.3) is 11.8 Å². The molecule has 0 spiro atoms. The summed E-state index contributed by atoms with van der Waals surface area (Å²) in [5.74, 6) is -1.89. The van der Waals surface area contributed by atoms with Gasteiger partial charge in [-0.05, 0) is 70.0 Å². The Kier molecular flexibility index (Phi) is 11.4. The number of Topliss-reactive ketones (excluding diaryl/α,β-unsaturated/α-hetero) is 1. The lowest BCUT2D eigenvalue weighted by Gasteiger charge is -2.42. The van der Waals surface area contributed by atoms with E-state index in [1.165, 1.54) is 15.8 Å². The Morgan fingerprint density at radius 3 is 2.52 bits per heavy atom. The normalized spacial score (nSPS) is 17.0. The highest BCUT2D eigenvalue weighted by atomic mass is 16.6. The fraction of sp³-hybridized carbons (Fsp3) is 0.474. The van der Waals surface area contributed by atoms with Crippen LogP contribution in [0.2, 0.25) is 0 Å². The third kappa shape index (κ3) is 9.10. The average molecular weight is 743 g/mol. The molecular weight excluding hydrogens is 694 g/mol. The minimum Gasteiger partial charge on any atom is -0.493 e. The molecule has 16 heteroatoms. The second kappa shape index (κ2) is 16.2. The first-order valence-electron chi connectivity index (χ1n) is 18.3. The minimum absolute atomic E-state index is 0.0507. The van der Waals surface area contributed by atoms with Gasteiger partial charge in [-0.3, -0.25) is 29.1 Å². The molecule has 2 fully saturated rings. The Labute approximate surface area is 313 Å². The number of likely N-dealkylation sites (N-methyl/N-ethyl adjacent to an activating group) is 1. The van der Waals surface area contributed by atoms with Gasteiger partial charge in [-0.2, -0.15) is 0 Å². The van der Waals surface area contributed by atoms with Crippen molar-refractivity contribution in [1.82, 2.24) is 40.4 Å². The molecule has 2 aromatic heterocycles. The number of aromatic nitrogens is 4. The van der Waals surface area contributed by atoms with Crippen molar-refractivity contribution < 1.29 is 37.9 Å². The Bertz CT molecular complexity index is 2030. The number of quaternary nitrogens is 1. The number of ether oxygens (including phenoxy) is 2. The van der Waals surface area contributed by atoms with Crippen LogP contribution in [-0.4, -0.2) is 135 Å². The van der Waals surface area contributed by atoms with E-state index in [9.17, 15) is 24.0 Å². The summed E-state index contributed by atoms with van der Waals surface area (Å²) in [6, 6.07) is 13.3. The number of para-hydroxylation sites is 1. The van der Waals surface area contributed by atoms with Crippen LogP contribution in [0.1, 0.15) is 50.4 Å². The molecule has 2 aliphatic heterocycles. The number of nitrogens with zero attached hydrogens (tertiary/aromatic N) is 7. The van der Waals surface area contributed by atoms with Crippen LogP contribution in [0, 0.1) is 0 Å². The van der Waals surface area contributed by atoms with E-state index in [2.05, 4.69) is 33.0 Å². The maximum Gasteiger partial charge on any atom is 0.410 e. The molecule has 0 unspecified atom stereocenters. The lowest BCUT2D eigenvalue weighted by molar-refractivity contribution is -0.913. The standard InChI is InChI=1S/C38H47N9O7/c1-38(2,3)54-37(52)44-17-20-47(4,21-18-44)19-8-22-53-26-12-13-29-28(23-26)27(14-15-39-29)35(50)40-24-33(48)45-16-7-11-32(45)34(49)36(51)41-25-46-31-10-6-5-9-30(31)42-43-46/h5-6,9-10,12-15,23,32H,7-8,11,16-22,24-25H2,1-4H3,(H-,40,41,50,51)/p+1/t32-/m0/s1. The summed E-state index contributed by atoms with van der Waals surface area (Å²) in [5.41, 5.74) is 1.77. The maximum atomic E-state index is 13.4. The molecule has 4 heterocycles. The van der Waals surface area contributed by atoms with Gasteiger partial charge in [0.2, 0.25) is 11.7 Å². The van der Waals surface area contributed by atoms with Crippen molar-refractivity contribution in [1.29, 1.82) is 0 Å². The molecule has 0 bridgehead atoms. The van der Waals surface area contributed by atoms with Gasteiger partial charge in [-0.25, -0.2) is 9.48 Å². The number of pyridine rings is 1. The first-order valence-corrected chi connectivity index (χ1v) is 18.3. The summed E-state index contributed by atoms with van der Waals surface area (Å²) in [4.78, 5) is 72.5. The molecule has 6 rings (SSSR count). The lowest BCUT2D eigenvalue weighted by Crippen LogP contribution is -2.59. The van der Waals surface area contributed by atoms with Crippen LogP contribution in [0.25, 0.3) is 21.9 Å². The summed E-state index contributed by atoms with van der Waals surface area (Å²) >= 11 is 0. The highest BCUT2D eigenvalue weighted by Gasteiger charge is 2.37. The van der Waals surface area contributed by atoms with E-state index in [-0.39, 0.29) is 19.3 Å². The number of likely N-dealkylation sites (tertiary alicyclic amines) is 1. The molecule has 0 saturated carbocycles. The largest absolute Gasteiger partial charge is 0.493 e. The van der Waals surface area contributed by atoms with Crippen LogP contribution in [0.4, 0.5) is 4.79 Å². The number of fused-ring (bicyclic) bond motifs is 2. The first-order chi connectivity index (χ1) is 25.8. The highest BCUT2D eigenvalue weighted by molar-refractivity contribution is 6.38. The quantitative estimate of drug-likeness (QED) is 0.125. The van der Waals surface area contributed by atoms with Crippen molar-refractivity contribution in [3.8, 4) is 5.75 Å². The van der Waals surface area contributed by atoms with Crippen LogP contribution >= 0.6 is 0 Å². The van der Waals surface area contributed by atoms with E-state index in [4.69, 9.17) is 9.47 Å². The molecule has 2 aromatic carbocycles. The fourth-order valence-electron chi connectivity index (χ4n) is 6.84. The average Bonchev–Trinajstić information content (AvgIpc) is 3.81. The number of carbonyl (C=O) groups is 5. The van der Waals surface area contributed by atoms with Gasteiger partial charge in [0.05, 0.1) is 69.5 Å². The van der Waals surface area contributed by atoms with E-state index in [0.717, 1.165) is 30.5 Å². The maximum absolute atomic E-state index is 13.4. The molecule has 1 atom stereocenters. The lowest BCUT2D eigenvalue weighted by atomic mass is 10.1. The van der Waals surface area contributed by atoms with E-state index in [1.807, 2.05) is 39.0 Å². The van der Waals surface area contributed by atoms with Gasteiger partial charge in [0.1, 0.15) is 29.6 Å². The molecule has 2 saturated heterocycles. The van der Waals surface area contributed by atoms with Crippen molar-refractivity contribution in [2.75, 3.05) is 59.5 Å². The molecule has 54 heavy (non-hydrogen) atoms. The number of nitrogens with one attached hydrogen (secondary N) is 2. The second-order valence-electron chi connectivity index (χ2n) is 15.0. The van der Waals surface area contributed by atoms with E-state index < -0.39 is 35.1 Å². The van der Waals surface area contributed by atoms with Gasteiger partial charge in [-0.15, -0.1) is 5.10 Å². The van der Waals surface area contributed by atoms with E-state index in [1.54, 1.807) is 35.2 Å². The van der Waals surface area contributed by atoms with Crippen LogP contribution < -0.4 is 15.4 Å². The molecule has 4 aromatic rings. The third-order valence-electron chi connectivity index (χ3n) is 9.85. The topological polar surface area (TPSA) is 178 Å². The Balaban J connectivity index is 0.981. The highest BCUT2D eigenvalue weighted by Crippen LogP contribution is 2.24. The van der Waals surface area contributed by atoms with Crippen LogP contribution in [0.3, 0.4) is 0 Å². The predicted molar refractivity (Wildman–Crippen MR) is 198 cm³/mol. The van der Waals surface area contributed by atoms with Crippen molar-refractivity contribution in [2.24, 2.45) is 0 Å². The SMILES string of the molecule is CC(C)(C)OC(=O)N1CC[N+](C)(CCCOc2ccc3nccc(C(=O)NCC(=O)N4CCC[C@H]4C(=O)C(=O)NCn4nnc5ccccc54)c3c2)CC1. The molecule has 16 nitrogen and oxygen atoms in total. The second-order valence-corrected chi connectivity index (χ2v) is 15.0. The van der Waals surface area contributed by atoms with Gasteiger partial charge in [0, 0.05) is 24.5 Å². The molecule has 2 aliphatic rings. The van der Waals surface area contributed by atoms with E-state index >= 15 is 0 Å². The molecular formula is C38H48N9O7+. The number of benzene rings is 2. The van der Waals surface area contributed by atoms with Crippen molar-refractivity contribution in [3.05, 3.63) is 60.3 Å². The fourth-order valence-corrected chi connectivity index (χ4v) is 6.84. The zero-order chi connectivity index (χ0) is 38.5. The van der Waals surface area contributed by atoms with Gasteiger partial charge in [0.15, 0.2) is 0 Å².